The summed E-state index contributed by atoms with van der Waals surface area (Å²) < 4.78 is 0. The number of benzene rings is 1. The summed E-state index contributed by atoms with van der Waals surface area (Å²) in [6, 6.07) is 1.93. The van der Waals surface area contributed by atoms with Gasteiger partial charge < -0.3 is 10.2 Å². The third kappa shape index (κ3) is 1.90. The molecule has 2 rings (SSSR count). The van der Waals surface area contributed by atoms with Crippen LogP contribution in [-0.4, -0.2) is 22.6 Å². The highest BCUT2D eigenvalue weighted by Gasteiger charge is 2.30. The zero-order chi connectivity index (χ0) is 12.6. The van der Waals surface area contributed by atoms with Crippen LogP contribution in [-0.2, 0) is 19.4 Å². The summed E-state index contributed by atoms with van der Waals surface area (Å²) in [5, 5.41) is 18.4. The monoisotopic (exact) mass is 234 g/mol. The van der Waals surface area contributed by atoms with E-state index in [0.29, 0.717) is 6.42 Å². The first-order chi connectivity index (χ1) is 8.10. The second-order valence-electron chi connectivity index (χ2n) is 4.77. The van der Waals surface area contributed by atoms with Crippen LogP contribution in [0.4, 0.5) is 0 Å². The molecule has 0 unspecified atom stereocenters. The van der Waals surface area contributed by atoms with E-state index in [1.54, 1.807) is 0 Å². The van der Waals surface area contributed by atoms with Gasteiger partial charge in [0, 0.05) is 18.1 Å². The Balaban J connectivity index is 2.60. The Morgan fingerprint density at radius 3 is 2.71 bits per heavy atom. The van der Waals surface area contributed by atoms with Gasteiger partial charge in [0.05, 0.1) is 6.61 Å². The molecule has 0 bridgehead atoms. The van der Waals surface area contributed by atoms with Gasteiger partial charge >= 0.3 is 0 Å². The van der Waals surface area contributed by atoms with E-state index in [9.17, 15) is 9.90 Å². The molecule has 0 aromatic heterocycles. The van der Waals surface area contributed by atoms with Crippen molar-refractivity contribution in [2.75, 3.05) is 6.61 Å². The van der Waals surface area contributed by atoms with E-state index < -0.39 is 0 Å². The van der Waals surface area contributed by atoms with Crippen molar-refractivity contribution in [2.24, 2.45) is 5.92 Å². The Kier molecular flexibility index (Phi) is 3.31. The summed E-state index contributed by atoms with van der Waals surface area (Å²) in [5.41, 5.74) is 4.58. The molecular formula is C14H18O3. The van der Waals surface area contributed by atoms with E-state index in [1.807, 2.05) is 19.9 Å². The largest absolute Gasteiger partial charge is 0.396 e. The Morgan fingerprint density at radius 1 is 1.41 bits per heavy atom. The molecule has 0 amide bonds. The molecule has 0 spiro atoms. The van der Waals surface area contributed by atoms with Gasteiger partial charge in [-0.2, -0.15) is 0 Å². The minimum absolute atomic E-state index is 0.0357. The molecular weight excluding hydrogens is 216 g/mol. The first-order valence-corrected chi connectivity index (χ1v) is 6.00. The average molecular weight is 234 g/mol. The molecule has 2 N–H and O–H groups in total. The molecule has 1 aromatic carbocycles. The first kappa shape index (κ1) is 12.3. The van der Waals surface area contributed by atoms with E-state index in [4.69, 9.17) is 5.11 Å². The summed E-state index contributed by atoms with van der Waals surface area (Å²) in [6.45, 7) is 3.85. The second kappa shape index (κ2) is 4.59. The second-order valence-corrected chi connectivity index (χ2v) is 4.77. The van der Waals surface area contributed by atoms with Crippen molar-refractivity contribution in [1.82, 2.24) is 0 Å². The van der Waals surface area contributed by atoms with Crippen LogP contribution >= 0.6 is 0 Å². The van der Waals surface area contributed by atoms with Crippen molar-refractivity contribution < 1.29 is 15.0 Å². The Labute approximate surface area is 101 Å². The number of hydrogen-bond acceptors (Lipinski definition) is 3. The topological polar surface area (TPSA) is 57.5 Å². The fourth-order valence-electron chi connectivity index (χ4n) is 2.78. The van der Waals surface area contributed by atoms with E-state index in [2.05, 4.69) is 0 Å². The highest BCUT2D eigenvalue weighted by molar-refractivity contribution is 6.03. The third-order valence-corrected chi connectivity index (χ3v) is 3.64. The summed E-state index contributed by atoms with van der Waals surface area (Å²) in [4.78, 5) is 12.0. The number of carbonyl (C=O) groups is 1. The SMILES string of the molecule is Cc1c(CCO)c(CO)cc2c1C(=O)[C@H](C)C2. The normalized spacial score (nSPS) is 18.6. The summed E-state index contributed by atoms with van der Waals surface area (Å²) in [7, 11) is 0. The standard InChI is InChI=1S/C14H18O3/c1-8-5-10-6-11(7-16)12(3-4-15)9(2)13(10)14(8)17/h6,8,15-16H,3-5,7H2,1-2H3/t8-/m1/s1. The molecule has 0 heterocycles. The fraction of sp³-hybridized carbons (Fsp3) is 0.500. The van der Waals surface area contributed by atoms with Gasteiger partial charge in [0.2, 0.25) is 0 Å². The molecule has 1 aromatic rings. The Hall–Kier alpha value is -1.19. The molecule has 92 valence electrons. The Bertz CT molecular complexity index is 463. The maximum Gasteiger partial charge on any atom is 0.166 e. The zero-order valence-electron chi connectivity index (χ0n) is 10.3. The number of fused-ring (bicyclic) bond motifs is 1. The van der Waals surface area contributed by atoms with Gasteiger partial charge in [-0.3, -0.25) is 4.79 Å². The molecule has 17 heavy (non-hydrogen) atoms. The van der Waals surface area contributed by atoms with Gasteiger partial charge in [0.1, 0.15) is 0 Å². The van der Waals surface area contributed by atoms with Crippen molar-refractivity contribution in [3.63, 3.8) is 0 Å². The average Bonchev–Trinajstić information content (AvgIpc) is 2.59. The van der Waals surface area contributed by atoms with Crippen LogP contribution in [0.15, 0.2) is 6.07 Å². The van der Waals surface area contributed by atoms with Crippen LogP contribution in [0.1, 0.15) is 39.5 Å². The van der Waals surface area contributed by atoms with E-state index in [1.165, 1.54) is 0 Å². The van der Waals surface area contributed by atoms with Crippen molar-refractivity contribution in [3.8, 4) is 0 Å². The summed E-state index contributed by atoms with van der Waals surface area (Å²) >= 11 is 0. The van der Waals surface area contributed by atoms with Gasteiger partial charge in [-0.15, -0.1) is 0 Å². The summed E-state index contributed by atoms with van der Waals surface area (Å²) in [6.07, 6.45) is 1.26. The number of hydrogen-bond donors (Lipinski definition) is 2. The van der Waals surface area contributed by atoms with Crippen LogP contribution in [0.3, 0.4) is 0 Å². The van der Waals surface area contributed by atoms with Crippen LogP contribution in [0.2, 0.25) is 0 Å². The minimum atomic E-state index is -0.0357. The van der Waals surface area contributed by atoms with Crippen molar-refractivity contribution in [1.29, 1.82) is 0 Å². The summed E-state index contributed by atoms with van der Waals surface area (Å²) in [5.74, 6) is 0.237. The van der Waals surface area contributed by atoms with Gasteiger partial charge in [-0.1, -0.05) is 13.0 Å². The molecule has 0 saturated heterocycles. The van der Waals surface area contributed by atoms with Crippen LogP contribution in [0, 0.1) is 12.8 Å². The van der Waals surface area contributed by atoms with Crippen LogP contribution in [0.5, 0.6) is 0 Å². The fourth-order valence-corrected chi connectivity index (χ4v) is 2.78. The van der Waals surface area contributed by atoms with Crippen molar-refractivity contribution in [2.45, 2.75) is 33.3 Å². The lowest BCUT2D eigenvalue weighted by molar-refractivity contribution is 0.0945. The van der Waals surface area contributed by atoms with E-state index >= 15 is 0 Å². The van der Waals surface area contributed by atoms with Crippen molar-refractivity contribution in [3.05, 3.63) is 33.9 Å². The lowest BCUT2D eigenvalue weighted by Crippen LogP contribution is -2.08. The number of carbonyl (C=O) groups excluding carboxylic acids is 1. The predicted octanol–water partition coefficient (Wildman–Crippen LogP) is 1.40. The predicted molar refractivity (Wildman–Crippen MR) is 65.1 cm³/mol. The molecule has 0 aliphatic heterocycles. The van der Waals surface area contributed by atoms with Crippen molar-refractivity contribution >= 4 is 5.78 Å². The third-order valence-electron chi connectivity index (χ3n) is 3.64. The number of aliphatic hydroxyl groups excluding tert-OH is 2. The van der Waals surface area contributed by atoms with Gasteiger partial charge in [-0.25, -0.2) is 0 Å². The lowest BCUT2D eigenvalue weighted by Gasteiger charge is -2.14. The Morgan fingerprint density at radius 2 is 2.12 bits per heavy atom. The molecule has 1 atom stereocenters. The smallest absolute Gasteiger partial charge is 0.166 e. The van der Waals surface area contributed by atoms with Crippen LogP contribution in [0.25, 0.3) is 0 Å². The highest BCUT2D eigenvalue weighted by Crippen LogP contribution is 2.33. The van der Waals surface area contributed by atoms with Gasteiger partial charge in [-0.05, 0) is 42.0 Å². The molecule has 1 aliphatic rings. The number of ketones is 1. The molecule has 0 fully saturated rings. The quantitative estimate of drug-likeness (QED) is 0.831. The first-order valence-electron chi connectivity index (χ1n) is 6.00. The van der Waals surface area contributed by atoms with Gasteiger partial charge in [0.25, 0.3) is 0 Å². The van der Waals surface area contributed by atoms with Crippen LogP contribution < -0.4 is 0 Å². The molecule has 3 heteroatoms. The molecule has 1 aliphatic carbocycles. The maximum absolute atomic E-state index is 12.0. The molecule has 0 saturated carbocycles. The lowest BCUT2D eigenvalue weighted by atomic mass is 9.92. The maximum atomic E-state index is 12.0. The highest BCUT2D eigenvalue weighted by atomic mass is 16.3. The van der Waals surface area contributed by atoms with Gasteiger partial charge in [0.15, 0.2) is 5.78 Å². The minimum Gasteiger partial charge on any atom is -0.396 e. The molecule has 0 radical (unpaired) electrons. The number of aliphatic hydroxyl groups is 2. The van der Waals surface area contributed by atoms with E-state index in [0.717, 1.165) is 34.2 Å². The van der Waals surface area contributed by atoms with E-state index in [-0.39, 0.29) is 24.9 Å². The number of rotatable bonds is 3. The zero-order valence-corrected chi connectivity index (χ0v) is 10.3. The number of Topliss-reactive ketones (excluding diaryl/α,β-unsaturated/α-hetero) is 1. The molecule has 3 nitrogen and oxygen atoms in total.